The maximum atomic E-state index is 12.1. The highest BCUT2D eigenvalue weighted by Gasteiger charge is 2.24. The van der Waals surface area contributed by atoms with Gasteiger partial charge >= 0.3 is 0 Å². The highest BCUT2D eigenvalue weighted by atomic mass is 16.6. The number of nitrogens with zero attached hydrogens (tertiary/aromatic N) is 2. The molecular formula is C15H19N3O3. The zero-order chi connectivity index (χ0) is 15.4. The van der Waals surface area contributed by atoms with Crippen LogP contribution in [0.15, 0.2) is 30.3 Å². The summed E-state index contributed by atoms with van der Waals surface area (Å²) in [6.45, 7) is 3.34. The number of benzene rings is 1. The summed E-state index contributed by atoms with van der Waals surface area (Å²) < 4.78 is 0. The fraction of sp³-hybridized carbons (Fsp3) is 0.400. The van der Waals surface area contributed by atoms with Gasteiger partial charge in [0.05, 0.1) is 4.92 Å². The Morgan fingerprint density at radius 2 is 2.29 bits per heavy atom. The molecule has 1 saturated heterocycles. The number of nitro benzene ring substituents is 1. The fourth-order valence-electron chi connectivity index (χ4n) is 2.38. The van der Waals surface area contributed by atoms with E-state index in [9.17, 15) is 14.9 Å². The molecule has 1 aliphatic heterocycles. The third kappa shape index (κ3) is 3.88. The molecule has 2 atom stereocenters. The van der Waals surface area contributed by atoms with Crippen molar-refractivity contribution in [3.63, 3.8) is 0 Å². The van der Waals surface area contributed by atoms with Crippen molar-refractivity contribution in [1.29, 1.82) is 0 Å². The van der Waals surface area contributed by atoms with E-state index < -0.39 is 4.92 Å². The van der Waals surface area contributed by atoms with Crippen molar-refractivity contribution in [2.75, 3.05) is 13.1 Å². The first kappa shape index (κ1) is 15.2. The van der Waals surface area contributed by atoms with E-state index in [0.717, 1.165) is 6.42 Å². The van der Waals surface area contributed by atoms with Gasteiger partial charge in [0, 0.05) is 37.3 Å². The second-order valence-electron chi connectivity index (χ2n) is 5.40. The van der Waals surface area contributed by atoms with Crippen LogP contribution in [0.4, 0.5) is 5.69 Å². The Morgan fingerprint density at radius 3 is 2.95 bits per heavy atom. The number of rotatable bonds is 3. The quantitative estimate of drug-likeness (QED) is 0.522. The second-order valence-corrected chi connectivity index (χ2v) is 5.40. The Bertz CT molecular complexity index is 571. The van der Waals surface area contributed by atoms with Gasteiger partial charge in [-0.2, -0.15) is 0 Å². The van der Waals surface area contributed by atoms with Crippen LogP contribution >= 0.6 is 0 Å². The first-order valence-electron chi connectivity index (χ1n) is 6.94. The van der Waals surface area contributed by atoms with Gasteiger partial charge < -0.3 is 10.6 Å². The smallest absolute Gasteiger partial charge is 0.270 e. The van der Waals surface area contributed by atoms with E-state index in [-0.39, 0.29) is 23.6 Å². The van der Waals surface area contributed by atoms with E-state index >= 15 is 0 Å². The van der Waals surface area contributed by atoms with Crippen LogP contribution in [0.1, 0.15) is 18.9 Å². The van der Waals surface area contributed by atoms with Crippen LogP contribution in [0.25, 0.3) is 6.08 Å². The van der Waals surface area contributed by atoms with Gasteiger partial charge in [0.25, 0.3) is 5.69 Å². The molecule has 1 amide bonds. The standard InChI is InChI=1S/C15H19N3O3/c1-11-10-17(8-7-14(11)16)15(19)6-5-12-3-2-4-13(9-12)18(20)21/h2-6,9,11,14H,7-8,10,16H2,1H3. The van der Waals surface area contributed by atoms with Crippen LogP contribution in [0.5, 0.6) is 0 Å². The minimum Gasteiger partial charge on any atom is -0.339 e. The molecule has 6 nitrogen and oxygen atoms in total. The van der Waals surface area contributed by atoms with Crippen LogP contribution in [0, 0.1) is 16.0 Å². The second kappa shape index (κ2) is 6.49. The molecule has 1 aromatic carbocycles. The average Bonchev–Trinajstić information content (AvgIpc) is 2.48. The van der Waals surface area contributed by atoms with E-state index in [2.05, 4.69) is 0 Å². The third-order valence-electron chi connectivity index (χ3n) is 3.78. The lowest BCUT2D eigenvalue weighted by molar-refractivity contribution is -0.384. The highest BCUT2D eigenvalue weighted by molar-refractivity contribution is 5.91. The molecule has 2 unspecified atom stereocenters. The maximum Gasteiger partial charge on any atom is 0.270 e. The number of hydrogen-bond acceptors (Lipinski definition) is 4. The molecule has 0 spiro atoms. The number of carbonyl (C=O) groups is 1. The summed E-state index contributed by atoms with van der Waals surface area (Å²) in [6.07, 6.45) is 3.87. The first-order chi connectivity index (χ1) is 9.97. The summed E-state index contributed by atoms with van der Waals surface area (Å²) in [5, 5.41) is 10.7. The molecule has 1 fully saturated rings. The maximum absolute atomic E-state index is 12.1. The van der Waals surface area contributed by atoms with Gasteiger partial charge in [-0.25, -0.2) is 0 Å². The number of carbonyl (C=O) groups excluding carboxylic acids is 1. The Hall–Kier alpha value is -2.21. The number of nitro groups is 1. The lowest BCUT2D eigenvalue weighted by Crippen LogP contribution is -2.47. The first-order valence-corrected chi connectivity index (χ1v) is 6.94. The molecule has 1 heterocycles. The number of nitrogens with two attached hydrogens (primary N) is 1. The summed E-state index contributed by atoms with van der Waals surface area (Å²) >= 11 is 0. The summed E-state index contributed by atoms with van der Waals surface area (Å²) in [6, 6.07) is 6.34. The highest BCUT2D eigenvalue weighted by Crippen LogP contribution is 2.17. The Morgan fingerprint density at radius 1 is 1.52 bits per heavy atom. The van der Waals surface area contributed by atoms with E-state index in [1.165, 1.54) is 18.2 Å². The molecule has 1 aliphatic rings. The average molecular weight is 289 g/mol. The number of amides is 1. The van der Waals surface area contributed by atoms with Crippen LogP contribution in [0.2, 0.25) is 0 Å². The molecule has 2 N–H and O–H groups in total. The summed E-state index contributed by atoms with van der Waals surface area (Å²) in [4.78, 5) is 24.1. The van der Waals surface area contributed by atoms with Gasteiger partial charge in [0.15, 0.2) is 0 Å². The van der Waals surface area contributed by atoms with Gasteiger partial charge in [0.1, 0.15) is 0 Å². The fourth-order valence-corrected chi connectivity index (χ4v) is 2.38. The zero-order valence-electron chi connectivity index (χ0n) is 11.9. The summed E-state index contributed by atoms with van der Waals surface area (Å²) in [5.41, 5.74) is 6.58. The summed E-state index contributed by atoms with van der Waals surface area (Å²) in [7, 11) is 0. The van der Waals surface area contributed by atoms with Crippen molar-refractivity contribution >= 4 is 17.7 Å². The van der Waals surface area contributed by atoms with Crippen molar-refractivity contribution in [1.82, 2.24) is 4.90 Å². The molecule has 2 rings (SSSR count). The molecule has 0 aliphatic carbocycles. The van der Waals surface area contributed by atoms with E-state index in [1.807, 2.05) is 6.92 Å². The molecule has 0 aromatic heterocycles. The van der Waals surface area contributed by atoms with Gasteiger partial charge in [-0.15, -0.1) is 0 Å². The molecule has 112 valence electrons. The van der Waals surface area contributed by atoms with Gasteiger partial charge in [0.2, 0.25) is 5.91 Å². The van der Waals surface area contributed by atoms with Gasteiger partial charge in [-0.3, -0.25) is 14.9 Å². The van der Waals surface area contributed by atoms with E-state index in [0.29, 0.717) is 18.7 Å². The van der Waals surface area contributed by atoms with Crippen LogP contribution in [-0.4, -0.2) is 34.9 Å². The number of hydrogen-bond donors (Lipinski definition) is 1. The van der Waals surface area contributed by atoms with Crippen LogP contribution in [0.3, 0.4) is 0 Å². The van der Waals surface area contributed by atoms with Crippen molar-refractivity contribution in [2.45, 2.75) is 19.4 Å². The topological polar surface area (TPSA) is 89.5 Å². The van der Waals surface area contributed by atoms with E-state index in [1.54, 1.807) is 23.1 Å². The van der Waals surface area contributed by atoms with Crippen molar-refractivity contribution in [3.8, 4) is 0 Å². The van der Waals surface area contributed by atoms with E-state index in [4.69, 9.17) is 5.73 Å². The largest absolute Gasteiger partial charge is 0.339 e. The van der Waals surface area contributed by atoms with Crippen LogP contribution in [-0.2, 0) is 4.79 Å². The molecule has 1 aromatic rings. The molecule has 21 heavy (non-hydrogen) atoms. The molecule has 6 heteroatoms. The van der Waals surface area contributed by atoms with Gasteiger partial charge in [-0.1, -0.05) is 19.1 Å². The minimum absolute atomic E-state index is 0.0159. The third-order valence-corrected chi connectivity index (χ3v) is 3.78. The lowest BCUT2D eigenvalue weighted by Gasteiger charge is -2.34. The predicted molar refractivity (Wildman–Crippen MR) is 80.5 cm³/mol. The normalized spacial score (nSPS) is 22.5. The SMILES string of the molecule is CC1CN(C(=O)C=Cc2cccc([N+](=O)[O-])c2)CCC1N. The zero-order valence-corrected chi connectivity index (χ0v) is 11.9. The van der Waals surface area contributed by atoms with Crippen molar-refractivity contribution in [2.24, 2.45) is 11.7 Å². The minimum atomic E-state index is -0.452. The Kier molecular flexibility index (Phi) is 4.70. The Labute approximate surface area is 123 Å². The number of likely N-dealkylation sites (tertiary alicyclic amines) is 1. The van der Waals surface area contributed by atoms with Crippen molar-refractivity contribution < 1.29 is 9.72 Å². The van der Waals surface area contributed by atoms with Gasteiger partial charge in [-0.05, 0) is 24.0 Å². The predicted octanol–water partition coefficient (Wildman–Crippen LogP) is 1.80. The molecular weight excluding hydrogens is 270 g/mol. The van der Waals surface area contributed by atoms with Crippen molar-refractivity contribution in [3.05, 3.63) is 46.0 Å². The molecule has 0 saturated carbocycles. The monoisotopic (exact) mass is 289 g/mol. The Balaban J connectivity index is 2.02. The molecule has 0 bridgehead atoms. The number of non-ortho nitro benzene ring substituents is 1. The van der Waals surface area contributed by atoms with Crippen LogP contribution < -0.4 is 5.73 Å². The lowest BCUT2D eigenvalue weighted by atomic mass is 9.95. The summed E-state index contributed by atoms with van der Waals surface area (Å²) in [5.74, 6) is 0.203. The number of piperidine rings is 1. The molecule has 0 radical (unpaired) electrons.